The zero-order valence-corrected chi connectivity index (χ0v) is 12.4. The Hall–Kier alpha value is -2.41. The Morgan fingerprint density at radius 3 is 2.50 bits per heavy atom. The van der Waals surface area contributed by atoms with Crippen LogP contribution in [0.1, 0.15) is 25.3 Å². The number of ether oxygens (including phenoxy) is 2. The molecule has 0 saturated heterocycles. The number of rotatable bonds is 9. The fraction of sp³-hybridized carbons (Fsp3) is 0.400. The van der Waals surface area contributed by atoms with E-state index in [1.165, 1.54) is 0 Å². The summed E-state index contributed by atoms with van der Waals surface area (Å²) < 4.78 is 10.2. The number of hydrogen-bond acceptors (Lipinski definition) is 7. The molecular formula is C15H20N2O5. The lowest BCUT2D eigenvalue weighted by Gasteiger charge is -2.07. The first-order chi connectivity index (χ1) is 10.7. The molecule has 0 aliphatic carbocycles. The van der Waals surface area contributed by atoms with Crippen LogP contribution in [0.3, 0.4) is 0 Å². The van der Waals surface area contributed by atoms with Gasteiger partial charge in [0.15, 0.2) is 0 Å². The van der Waals surface area contributed by atoms with Crippen molar-refractivity contribution in [1.29, 1.82) is 0 Å². The monoisotopic (exact) mass is 308 g/mol. The van der Waals surface area contributed by atoms with Gasteiger partial charge in [0.05, 0.1) is 13.2 Å². The number of nitrogens with zero attached hydrogens (tertiary/aromatic N) is 2. The zero-order valence-electron chi connectivity index (χ0n) is 12.4. The molecule has 1 rings (SSSR count). The van der Waals surface area contributed by atoms with Gasteiger partial charge in [-0.25, -0.2) is 4.79 Å². The fourth-order valence-corrected chi connectivity index (χ4v) is 1.74. The summed E-state index contributed by atoms with van der Waals surface area (Å²) >= 11 is 0. The van der Waals surface area contributed by atoms with Gasteiger partial charge >= 0.3 is 5.97 Å². The summed E-state index contributed by atoms with van der Waals surface area (Å²) in [5, 5.41) is 23.6. The summed E-state index contributed by atoms with van der Waals surface area (Å²) in [6.07, 6.45) is 0.730. The van der Waals surface area contributed by atoms with Crippen LogP contribution in [0.25, 0.3) is 0 Å². The van der Waals surface area contributed by atoms with E-state index in [1.54, 1.807) is 6.92 Å². The molecular weight excluding hydrogens is 288 g/mol. The van der Waals surface area contributed by atoms with Crippen LogP contribution in [-0.4, -0.2) is 41.0 Å². The highest BCUT2D eigenvalue weighted by Gasteiger charge is 2.20. The zero-order chi connectivity index (χ0) is 16.2. The van der Waals surface area contributed by atoms with Crippen molar-refractivity contribution < 1.29 is 24.7 Å². The van der Waals surface area contributed by atoms with E-state index in [9.17, 15) is 4.79 Å². The van der Waals surface area contributed by atoms with Gasteiger partial charge in [-0.05, 0) is 25.3 Å². The van der Waals surface area contributed by atoms with Crippen molar-refractivity contribution >= 4 is 17.4 Å². The summed E-state index contributed by atoms with van der Waals surface area (Å²) in [7, 11) is 0. The van der Waals surface area contributed by atoms with E-state index in [4.69, 9.17) is 19.9 Å². The van der Waals surface area contributed by atoms with Gasteiger partial charge in [0.1, 0.15) is 5.71 Å². The van der Waals surface area contributed by atoms with Crippen LogP contribution in [-0.2, 0) is 20.9 Å². The molecule has 0 spiro atoms. The topological polar surface area (TPSA) is 101 Å². The lowest BCUT2D eigenvalue weighted by molar-refractivity contribution is -0.134. The maximum absolute atomic E-state index is 11.5. The molecule has 0 aliphatic heterocycles. The van der Waals surface area contributed by atoms with E-state index in [0.29, 0.717) is 19.6 Å². The van der Waals surface area contributed by atoms with E-state index in [0.717, 1.165) is 5.56 Å². The van der Waals surface area contributed by atoms with Gasteiger partial charge < -0.3 is 19.9 Å². The molecule has 120 valence electrons. The average molecular weight is 308 g/mol. The molecule has 1 aromatic carbocycles. The van der Waals surface area contributed by atoms with Crippen LogP contribution < -0.4 is 0 Å². The molecule has 0 atom stereocenters. The lowest BCUT2D eigenvalue weighted by atomic mass is 10.1. The Morgan fingerprint density at radius 1 is 1.18 bits per heavy atom. The smallest absolute Gasteiger partial charge is 0.362 e. The van der Waals surface area contributed by atoms with Crippen LogP contribution in [0.2, 0.25) is 0 Å². The average Bonchev–Trinajstić information content (AvgIpc) is 2.54. The number of carbonyl (C=O) groups is 1. The van der Waals surface area contributed by atoms with E-state index in [2.05, 4.69) is 10.3 Å². The Morgan fingerprint density at radius 2 is 1.91 bits per heavy atom. The second-order valence-corrected chi connectivity index (χ2v) is 4.36. The van der Waals surface area contributed by atoms with E-state index >= 15 is 0 Å². The number of benzene rings is 1. The summed E-state index contributed by atoms with van der Waals surface area (Å²) in [6, 6.07) is 9.70. The van der Waals surface area contributed by atoms with Crippen molar-refractivity contribution in [3.63, 3.8) is 0 Å². The molecule has 0 unspecified atom stereocenters. The molecule has 2 N–H and O–H groups in total. The van der Waals surface area contributed by atoms with Crippen molar-refractivity contribution in [1.82, 2.24) is 0 Å². The van der Waals surface area contributed by atoms with Crippen LogP contribution in [0.4, 0.5) is 0 Å². The van der Waals surface area contributed by atoms with E-state index in [1.807, 2.05) is 30.3 Å². The molecule has 7 nitrogen and oxygen atoms in total. The standard InChI is InChI=1S/C15H20N2O5/c1-2-22-15(18)14(17-20)13(16-19)9-6-10-21-11-12-7-4-3-5-8-12/h3-5,7-8,19-20H,2,6,9-11H2,1H3/b16-13-,17-14-. The van der Waals surface area contributed by atoms with Gasteiger partial charge in [-0.1, -0.05) is 40.6 Å². The Kier molecular flexibility index (Phi) is 8.29. The SMILES string of the molecule is CCOC(=O)C(=N\O)/C(CCCOCc1ccccc1)=N\O. The largest absolute Gasteiger partial charge is 0.461 e. The van der Waals surface area contributed by atoms with E-state index < -0.39 is 11.7 Å². The van der Waals surface area contributed by atoms with Crippen LogP contribution in [0, 0.1) is 0 Å². The molecule has 0 heterocycles. The Labute approximate surface area is 128 Å². The van der Waals surface area contributed by atoms with Crippen LogP contribution in [0.5, 0.6) is 0 Å². The van der Waals surface area contributed by atoms with Crippen molar-refractivity contribution in [3.8, 4) is 0 Å². The third-order valence-electron chi connectivity index (χ3n) is 2.78. The molecule has 22 heavy (non-hydrogen) atoms. The van der Waals surface area contributed by atoms with Crippen molar-refractivity contribution in [2.75, 3.05) is 13.2 Å². The van der Waals surface area contributed by atoms with Crippen molar-refractivity contribution in [3.05, 3.63) is 35.9 Å². The predicted octanol–water partition coefficient (Wildman–Crippen LogP) is 2.21. The minimum absolute atomic E-state index is 0.0377. The summed E-state index contributed by atoms with van der Waals surface area (Å²) in [5.74, 6) is -0.831. The first-order valence-electron chi connectivity index (χ1n) is 6.95. The van der Waals surface area contributed by atoms with Gasteiger partial charge in [0.2, 0.25) is 5.71 Å². The van der Waals surface area contributed by atoms with Gasteiger partial charge in [-0.2, -0.15) is 0 Å². The number of oxime groups is 2. The molecule has 0 bridgehead atoms. The minimum atomic E-state index is -0.831. The number of esters is 1. The molecule has 0 aromatic heterocycles. The first-order valence-corrected chi connectivity index (χ1v) is 6.95. The molecule has 0 aliphatic rings. The number of carbonyl (C=O) groups excluding carboxylic acids is 1. The van der Waals surface area contributed by atoms with Gasteiger partial charge in [0, 0.05) is 6.61 Å². The first kappa shape index (κ1) is 17.6. The molecule has 0 fully saturated rings. The van der Waals surface area contributed by atoms with Gasteiger partial charge in [0.25, 0.3) is 0 Å². The normalized spacial score (nSPS) is 12.2. The van der Waals surface area contributed by atoms with Crippen LogP contribution >= 0.6 is 0 Å². The van der Waals surface area contributed by atoms with E-state index in [-0.39, 0.29) is 18.7 Å². The predicted molar refractivity (Wildman–Crippen MR) is 80.4 cm³/mol. The number of hydrogen-bond donors (Lipinski definition) is 2. The van der Waals surface area contributed by atoms with Gasteiger partial charge in [-0.3, -0.25) is 0 Å². The summed E-state index contributed by atoms with van der Waals surface area (Å²) in [5.41, 5.74) is 0.624. The van der Waals surface area contributed by atoms with Crippen LogP contribution in [0.15, 0.2) is 40.6 Å². The summed E-state index contributed by atoms with van der Waals surface area (Å²) in [6.45, 7) is 2.65. The Bertz CT molecular complexity index is 514. The molecule has 1 aromatic rings. The Balaban J connectivity index is 2.36. The molecule has 0 amide bonds. The highest BCUT2D eigenvalue weighted by atomic mass is 16.5. The second kappa shape index (κ2) is 10.3. The third kappa shape index (κ3) is 5.92. The minimum Gasteiger partial charge on any atom is -0.461 e. The van der Waals surface area contributed by atoms with Gasteiger partial charge in [-0.15, -0.1) is 0 Å². The highest BCUT2D eigenvalue weighted by Crippen LogP contribution is 2.03. The fourth-order valence-electron chi connectivity index (χ4n) is 1.74. The molecule has 0 saturated carbocycles. The maximum Gasteiger partial charge on any atom is 0.362 e. The maximum atomic E-state index is 11.5. The molecule has 0 radical (unpaired) electrons. The quantitative estimate of drug-likeness (QED) is 0.239. The highest BCUT2D eigenvalue weighted by molar-refractivity contribution is 6.65. The lowest BCUT2D eigenvalue weighted by Crippen LogP contribution is -2.27. The second-order valence-electron chi connectivity index (χ2n) is 4.36. The van der Waals surface area contributed by atoms with Crippen molar-refractivity contribution in [2.45, 2.75) is 26.4 Å². The van der Waals surface area contributed by atoms with Crippen molar-refractivity contribution in [2.24, 2.45) is 10.3 Å². The third-order valence-corrected chi connectivity index (χ3v) is 2.78. The summed E-state index contributed by atoms with van der Waals surface area (Å²) in [4.78, 5) is 11.5. The molecule has 7 heteroatoms.